The van der Waals surface area contributed by atoms with Gasteiger partial charge in [0.2, 0.25) is 5.84 Å². The number of nitrogens with zero attached hydrogens (tertiary/aromatic N) is 3. The molecule has 2 heterocycles. The van der Waals surface area contributed by atoms with Crippen molar-refractivity contribution in [2.75, 3.05) is 16.5 Å². The van der Waals surface area contributed by atoms with Crippen molar-refractivity contribution in [3.8, 4) is 0 Å². The number of para-hydroxylation sites is 1. The van der Waals surface area contributed by atoms with Crippen LogP contribution in [0.2, 0.25) is 10.0 Å². The average molecular weight is 446 g/mol. The fraction of sp³-hybridized carbons (Fsp3) is 0.143. The molecule has 0 amide bonds. The Hall–Kier alpha value is -2.54. The van der Waals surface area contributed by atoms with Gasteiger partial charge in [0.15, 0.2) is 6.17 Å². The highest BCUT2D eigenvalue weighted by molar-refractivity contribution is 7.10. The van der Waals surface area contributed by atoms with Gasteiger partial charge in [-0.15, -0.1) is 16.4 Å². The van der Waals surface area contributed by atoms with Gasteiger partial charge in [-0.25, -0.2) is 9.80 Å². The summed E-state index contributed by atoms with van der Waals surface area (Å²) in [6.45, 7) is 2.02. The molecule has 0 radical (unpaired) electrons. The number of esters is 1. The minimum Gasteiger partial charge on any atom is -0.460 e. The van der Waals surface area contributed by atoms with Crippen LogP contribution in [0.1, 0.15) is 18.0 Å². The van der Waals surface area contributed by atoms with Crippen LogP contribution in [0.25, 0.3) is 0 Å². The van der Waals surface area contributed by atoms with Crippen LogP contribution >= 0.6 is 34.5 Å². The van der Waals surface area contributed by atoms with Crippen molar-refractivity contribution < 1.29 is 9.53 Å². The number of thiophene rings is 1. The average Bonchev–Trinajstić information content (AvgIpc) is 3.38. The van der Waals surface area contributed by atoms with Crippen molar-refractivity contribution in [1.82, 2.24) is 0 Å². The Morgan fingerprint density at radius 1 is 1.07 bits per heavy atom. The zero-order valence-corrected chi connectivity index (χ0v) is 17.8. The first-order chi connectivity index (χ1) is 14.1. The van der Waals surface area contributed by atoms with E-state index in [4.69, 9.17) is 27.9 Å². The Morgan fingerprint density at radius 3 is 2.52 bits per heavy atom. The van der Waals surface area contributed by atoms with E-state index in [0.29, 0.717) is 15.7 Å². The van der Waals surface area contributed by atoms with Gasteiger partial charge in [-0.2, -0.15) is 0 Å². The van der Waals surface area contributed by atoms with Crippen molar-refractivity contribution in [1.29, 1.82) is 0 Å². The molecular formula is C21H17Cl2N3O2S. The summed E-state index contributed by atoms with van der Waals surface area (Å²) in [7, 11) is 0. The molecule has 0 spiro atoms. The van der Waals surface area contributed by atoms with E-state index in [-0.39, 0.29) is 18.6 Å². The largest absolute Gasteiger partial charge is 0.460 e. The fourth-order valence-corrected chi connectivity index (χ4v) is 4.22. The number of anilines is 2. The molecule has 0 fully saturated rings. The Morgan fingerprint density at radius 2 is 1.86 bits per heavy atom. The molecule has 0 saturated heterocycles. The second-order valence-electron chi connectivity index (χ2n) is 6.18. The van der Waals surface area contributed by atoms with E-state index >= 15 is 0 Å². The second kappa shape index (κ2) is 8.45. The van der Waals surface area contributed by atoms with Crippen LogP contribution in [-0.2, 0) is 9.53 Å². The van der Waals surface area contributed by atoms with E-state index in [9.17, 15) is 4.79 Å². The molecule has 0 saturated carbocycles. The van der Waals surface area contributed by atoms with Crippen LogP contribution in [0, 0.1) is 0 Å². The first kappa shape index (κ1) is 19.8. The fourth-order valence-electron chi connectivity index (χ4n) is 3.13. The number of hydrogen-bond donors (Lipinski definition) is 0. The van der Waals surface area contributed by atoms with E-state index in [0.717, 1.165) is 10.6 Å². The van der Waals surface area contributed by atoms with Crippen LogP contribution in [0.4, 0.5) is 11.4 Å². The molecule has 29 heavy (non-hydrogen) atoms. The van der Waals surface area contributed by atoms with Crippen molar-refractivity contribution in [2.24, 2.45) is 5.10 Å². The minimum atomic E-state index is -0.501. The summed E-state index contributed by atoms with van der Waals surface area (Å²) in [6.07, 6.45) is -0.367. The summed E-state index contributed by atoms with van der Waals surface area (Å²) in [5, 5.41) is 9.31. The lowest BCUT2D eigenvalue weighted by molar-refractivity contribution is -0.135. The number of rotatable bonds is 5. The Bertz CT molecular complexity index is 1040. The number of hydrogen-bond acceptors (Lipinski definition) is 6. The quantitative estimate of drug-likeness (QED) is 0.454. The van der Waals surface area contributed by atoms with Crippen LogP contribution in [0.15, 0.2) is 71.1 Å². The van der Waals surface area contributed by atoms with Crippen LogP contribution in [-0.4, -0.2) is 18.4 Å². The van der Waals surface area contributed by atoms with E-state index in [2.05, 4.69) is 5.10 Å². The van der Waals surface area contributed by atoms with Crippen molar-refractivity contribution in [2.45, 2.75) is 13.1 Å². The zero-order chi connectivity index (χ0) is 20.4. The summed E-state index contributed by atoms with van der Waals surface area (Å²) in [5.74, 6) is -0.314. The zero-order valence-electron chi connectivity index (χ0n) is 15.5. The highest BCUT2D eigenvalue weighted by atomic mass is 35.5. The lowest BCUT2D eigenvalue weighted by Gasteiger charge is -2.31. The normalized spacial score (nSPS) is 16.1. The van der Waals surface area contributed by atoms with Gasteiger partial charge in [0, 0.05) is 10.6 Å². The molecule has 1 aliphatic rings. The molecule has 0 aliphatic carbocycles. The molecule has 1 atom stereocenters. The highest BCUT2D eigenvalue weighted by Crippen LogP contribution is 2.41. The maximum absolute atomic E-state index is 12.8. The van der Waals surface area contributed by atoms with Crippen molar-refractivity contribution >= 4 is 57.7 Å². The van der Waals surface area contributed by atoms with E-state index in [1.165, 1.54) is 0 Å². The summed E-state index contributed by atoms with van der Waals surface area (Å²) in [6, 6.07) is 18.9. The number of carbonyl (C=O) groups is 1. The number of halogens is 2. The topological polar surface area (TPSA) is 45.1 Å². The Kier molecular flexibility index (Phi) is 5.76. The first-order valence-corrected chi connectivity index (χ1v) is 10.6. The third-order valence-corrected chi connectivity index (χ3v) is 6.02. The van der Waals surface area contributed by atoms with Gasteiger partial charge in [-0.3, -0.25) is 4.90 Å². The van der Waals surface area contributed by atoms with Gasteiger partial charge in [0.25, 0.3) is 0 Å². The minimum absolute atomic E-state index is 0.187. The molecule has 4 rings (SSSR count). The molecule has 3 aromatic rings. The second-order valence-corrected chi connectivity index (χ2v) is 7.98. The SMILES string of the molecule is CCOC(=O)C1=NN(c2ccccc2)[C@@H](c2cccs2)N1c1ccc(Cl)c(Cl)c1. The molecule has 5 nitrogen and oxygen atoms in total. The van der Waals surface area contributed by atoms with Gasteiger partial charge in [0.05, 0.1) is 22.3 Å². The molecule has 0 bridgehead atoms. The summed E-state index contributed by atoms with van der Waals surface area (Å²) in [4.78, 5) is 15.6. The number of hydrazone groups is 1. The highest BCUT2D eigenvalue weighted by Gasteiger charge is 2.41. The van der Waals surface area contributed by atoms with Gasteiger partial charge in [-0.05, 0) is 48.7 Å². The molecule has 1 aromatic heterocycles. The first-order valence-electron chi connectivity index (χ1n) is 8.98. The summed E-state index contributed by atoms with van der Waals surface area (Å²) < 4.78 is 5.29. The maximum atomic E-state index is 12.8. The molecule has 2 aromatic carbocycles. The molecular weight excluding hydrogens is 429 g/mol. The Labute approximate surface area is 182 Å². The predicted octanol–water partition coefficient (Wildman–Crippen LogP) is 5.96. The molecule has 8 heteroatoms. The molecule has 148 valence electrons. The number of amidine groups is 1. The van der Waals surface area contributed by atoms with E-state index < -0.39 is 5.97 Å². The van der Waals surface area contributed by atoms with E-state index in [1.54, 1.807) is 30.4 Å². The standard InChI is InChI=1S/C21H17Cl2N3O2S/c1-2-28-21(27)19-24-26(14-7-4-3-5-8-14)20(18-9-6-12-29-18)25(19)15-10-11-16(22)17(23)13-15/h3-13,20H,2H2,1H3/t20-/m0/s1. The van der Waals surface area contributed by atoms with Crippen LogP contribution in [0.3, 0.4) is 0 Å². The molecule has 0 N–H and O–H groups in total. The maximum Gasteiger partial charge on any atom is 0.376 e. The van der Waals surface area contributed by atoms with Crippen LogP contribution in [0.5, 0.6) is 0 Å². The molecule has 0 unspecified atom stereocenters. The Balaban J connectivity index is 1.88. The lowest BCUT2D eigenvalue weighted by atomic mass is 10.2. The van der Waals surface area contributed by atoms with Crippen molar-refractivity contribution in [3.05, 3.63) is 81.0 Å². The van der Waals surface area contributed by atoms with E-state index in [1.807, 2.05) is 63.8 Å². The number of ether oxygens (including phenoxy) is 1. The van der Waals surface area contributed by atoms with Crippen LogP contribution < -0.4 is 9.91 Å². The number of benzene rings is 2. The van der Waals surface area contributed by atoms with Gasteiger partial charge >= 0.3 is 5.97 Å². The van der Waals surface area contributed by atoms with Crippen molar-refractivity contribution in [3.63, 3.8) is 0 Å². The van der Waals surface area contributed by atoms with Gasteiger partial charge < -0.3 is 4.74 Å². The third-order valence-electron chi connectivity index (χ3n) is 4.36. The predicted molar refractivity (Wildman–Crippen MR) is 119 cm³/mol. The monoisotopic (exact) mass is 445 g/mol. The number of carbonyl (C=O) groups excluding carboxylic acids is 1. The van der Waals surface area contributed by atoms with Gasteiger partial charge in [-0.1, -0.05) is 47.5 Å². The summed E-state index contributed by atoms with van der Waals surface area (Å²) in [5.41, 5.74) is 1.55. The summed E-state index contributed by atoms with van der Waals surface area (Å²) >= 11 is 14.0. The lowest BCUT2D eigenvalue weighted by Crippen LogP contribution is -2.38. The third kappa shape index (κ3) is 3.83. The molecule has 1 aliphatic heterocycles. The van der Waals surface area contributed by atoms with Gasteiger partial charge in [0.1, 0.15) is 0 Å². The smallest absolute Gasteiger partial charge is 0.376 e.